The lowest BCUT2D eigenvalue weighted by molar-refractivity contribution is 0.0289. The second-order valence-corrected chi connectivity index (χ2v) is 8.79. The minimum atomic E-state index is -0.258. The molecule has 0 amide bonds. The van der Waals surface area contributed by atoms with E-state index in [4.69, 9.17) is 0 Å². The predicted molar refractivity (Wildman–Crippen MR) is 89.0 cm³/mol. The number of allylic oxidation sites excluding steroid dienone is 2. The van der Waals surface area contributed by atoms with Crippen LogP contribution in [0.2, 0.25) is 0 Å². The lowest BCUT2D eigenvalue weighted by Crippen LogP contribution is -2.44. The molecule has 3 aliphatic carbocycles. The summed E-state index contributed by atoms with van der Waals surface area (Å²) in [7, 11) is 0. The van der Waals surface area contributed by atoms with E-state index >= 15 is 0 Å². The highest BCUT2D eigenvalue weighted by Gasteiger charge is 2.48. The Balaban J connectivity index is 1.99. The van der Waals surface area contributed by atoms with Crippen molar-refractivity contribution in [3.05, 3.63) is 23.3 Å². The first-order valence-corrected chi connectivity index (χ1v) is 8.81. The van der Waals surface area contributed by atoms with Gasteiger partial charge in [0.15, 0.2) is 0 Å². The summed E-state index contributed by atoms with van der Waals surface area (Å²) in [6.07, 6.45) is 8.18. The normalized spacial score (nSPS) is 43.1. The van der Waals surface area contributed by atoms with Gasteiger partial charge < -0.3 is 5.11 Å². The topological polar surface area (TPSA) is 20.2 Å². The number of aliphatic hydroxyl groups is 1. The molecule has 1 N–H and O–H groups in total. The quantitative estimate of drug-likeness (QED) is 0.603. The smallest absolute Gasteiger partial charge is 0.0750 e. The molecule has 0 aromatic heterocycles. The molecule has 2 fully saturated rings. The lowest BCUT2D eigenvalue weighted by atomic mass is 9.52. The molecule has 0 saturated heterocycles. The zero-order valence-electron chi connectivity index (χ0n) is 14.3. The van der Waals surface area contributed by atoms with Crippen LogP contribution in [-0.4, -0.2) is 11.2 Å². The average molecular weight is 288 g/mol. The van der Waals surface area contributed by atoms with E-state index in [0.717, 1.165) is 24.3 Å². The molecule has 0 radical (unpaired) electrons. The number of fused-ring (bicyclic) bond motifs is 3. The molecule has 21 heavy (non-hydrogen) atoms. The SMILES string of the molecule is C=C1C(O)CC[C@@]2(C)CCC3=C(C)CC[C@@H](C[C@H]12)C3(C)C. The first-order valence-electron chi connectivity index (χ1n) is 8.81. The van der Waals surface area contributed by atoms with Gasteiger partial charge in [-0.25, -0.2) is 0 Å². The van der Waals surface area contributed by atoms with E-state index in [1.54, 1.807) is 11.1 Å². The van der Waals surface area contributed by atoms with Gasteiger partial charge in [-0.3, -0.25) is 0 Å². The van der Waals surface area contributed by atoms with E-state index in [0.29, 0.717) is 16.7 Å². The van der Waals surface area contributed by atoms with E-state index in [1.807, 2.05) is 0 Å². The van der Waals surface area contributed by atoms with Crippen LogP contribution in [-0.2, 0) is 0 Å². The number of aliphatic hydroxyl groups excluding tert-OH is 1. The van der Waals surface area contributed by atoms with Crippen LogP contribution in [0.15, 0.2) is 23.3 Å². The first-order chi connectivity index (χ1) is 9.75. The Kier molecular flexibility index (Phi) is 3.64. The van der Waals surface area contributed by atoms with Crippen molar-refractivity contribution in [2.75, 3.05) is 0 Å². The highest BCUT2D eigenvalue weighted by Crippen LogP contribution is 2.58. The van der Waals surface area contributed by atoms with Gasteiger partial charge >= 0.3 is 0 Å². The molecule has 118 valence electrons. The fourth-order valence-electron chi connectivity index (χ4n) is 5.58. The summed E-state index contributed by atoms with van der Waals surface area (Å²) in [6, 6.07) is 0. The minimum absolute atomic E-state index is 0.258. The van der Waals surface area contributed by atoms with Gasteiger partial charge in [-0.15, -0.1) is 0 Å². The van der Waals surface area contributed by atoms with Crippen LogP contribution in [0.5, 0.6) is 0 Å². The summed E-state index contributed by atoms with van der Waals surface area (Å²) in [5.41, 5.74) is 5.23. The van der Waals surface area contributed by atoms with Crippen molar-refractivity contribution in [2.24, 2.45) is 22.7 Å². The number of hydrogen-bond donors (Lipinski definition) is 1. The molecular formula is C20H32O. The fourth-order valence-corrected chi connectivity index (χ4v) is 5.58. The van der Waals surface area contributed by atoms with E-state index < -0.39 is 0 Å². The third-order valence-electron chi connectivity index (χ3n) is 7.35. The molecule has 3 rings (SSSR count). The summed E-state index contributed by atoms with van der Waals surface area (Å²) in [6.45, 7) is 14.0. The van der Waals surface area contributed by atoms with Crippen molar-refractivity contribution in [3.8, 4) is 0 Å². The molecule has 1 heteroatoms. The molecule has 0 spiro atoms. The van der Waals surface area contributed by atoms with Gasteiger partial charge in [0.05, 0.1) is 6.10 Å². The molecule has 0 aromatic carbocycles. The minimum Gasteiger partial charge on any atom is -0.389 e. The number of hydrogen-bond acceptors (Lipinski definition) is 1. The highest BCUT2D eigenvalue weighted by molar-refractivity contribution is 5.27. The van der Waals surface area contributed by atoms with Gasteiger partial charge in [0.2, 0.25) is 0 Å². The molecule has 1 unspecified atom stereocenters. The first kappa shape index (κ1) is 15.3. The van der Waals surface area contributed by atoms with Crippen LogP contribution in [0.3, 0.4) is 0 Å². The fraction of sp³-hybridized carbons (Fsp3) is 0.800. The highest BCUT2D eigenvalue weighted by atomic mass is 16.3. The van der Waals surface area contributed by atoms with Crippen molar-refractivity contribution in [1.29, 1.82) is 0 Å². The lowest BCUT2D eigenvalue weighted by Gasteiger charge is -2.53. The van der Waals surface area contributed by atoms with Gasteiger partial charge in [-0.1, -0.05) is 38.5 Å². The summed E-state index contributed by atoms with van der Waals surface area (Å²) in [5, 5.41) is 10.3. The van der Waals surface area contributed by atoms with Gasteiger partial charge in [0.25, 0.3) is 0 Å². The summed E-state index contributed by atoms with van der Waals surface area (Å²) in [4.78, 5) is 0. The maximum absolute atomic E-state index is 10.3. The Bertz CT molecular complexity index is 484. The Morgan fingerprint density at radius 1 is 1.10 bits per heavy atom. The zero-order chi connectivity index (χ0) is 15.4. The number of rotatable bonds is 0. The van der Waals surface area contributed by atoms with Crippen LogP contribution >= 0.6 is 0 Å². The Hall–Kier alpha value is -0.560. The van der Waals surface area contributed by atoms with Crippen molar-refractivity contribution in [1.82, 2.24) is 0 Å². The molecule has 4 atom stereocenters. The third-order valence-corrected chi connectivity index (χ3v) is 7.35. The molecular weight excluding hydrogens is 256 g/mol. The van der Waals surface area contributed by atoms with Crippen LogP contribution < -0.4 is 0 Å². The maximum atomic E-state index is 10.3. The predicted octanol–water partition coefficient (Wildman–Crippen LogP) is 5.26. The van der Waals surface area contributed by atoms with Gasteiger partial charge in [0, 0.05) is 0 Å². The van der Waals surface area contributed by atoms with Crippen LogP contribution in [0, 0.1) is 22.7 Å². The molecule has 0 aromatic rings. The molecule has 0 aliphatic heterocycles. The zero-order valence-corrected chi connectivity index (χ0v) is 14.3. The van der Waals surface area contributed by atoms with Crippen LogP contribution in [0.25, 0.3) is 0 Å². The largest absolute Gasteiger partial charge is 0.389 e. The third kappa shape index (κ3) is 2.32. The molecule has 2 bridgehead atoms. The van der Waals surface area contributed by atoms with E-state index in [-0.39, 0.29) is 6.10 Å². The molecule has 0 heterocycles. The standard InChI is InChI=1S/C20H32O/c1-13-6-7-15-12-17-14(2)18(21)9-11-20(17,5)10-8-16(13)19(15,3)4/h15,17-18,21H,2,6-12H2,1,3-5H3/t15-,17+,18?,20+/m0/s1. The van der Waals surface area contributed by atoms with E-state index in [1.165, 1.54) is 32.1 Å². The Morgan fingerprint density at radius 3 is 2.52 bits per heavy atom. The molecule has 2 saturated carbocycles. The Morgan fingerprint density at radius 2 is 1.81 bits per heavy atom. The van der Waals surface area contributed by atoms with E-state index in [2.05, 4.69) is 34.3 Å². The Labute approximate surface area is 130 Å². The summed E-state index contributed by atoms with van der Waals surface area (Å²) < 4.78 is 0. The van der Waals surface area contributed by atoms with Gasteiger partial charge in [0.1, 0.15) is 0 Å². The second kappa shape index (κ2) is 4.98. The average Bonchev–Trinajstić information content (AvgIpc) is 2.40. The monoisotopic (exact) mass is 288 g/mol. The van der Waals surface area contributed by atoms with Crippen LogP contribution in [0.4, 0.5) is 0 Å². The molecule has 3 aliphatic rings. The maximum Gasteiger partial charge on any atom is 0.0750 e. The van der Waals surface area contributed by atoms with Gasteiger partial charge in [-0.2, -0.15) is 0 Å². The van der Waals surface area contributed by atoms with Crippen molar-refractivity contribution >= 4 is 0 Å². The van der Waals surface area contributed by atoms with Gasteiger partial charge in [-0.05, 0) is 80.1 Å². The molecule has 1 nitrogen and oxygen atoms in total. The van der Waals surface area contributed by atoms with Crippen molar-refractivity contribution < 1.29 is 5.11 Å². The van der Waals surface area contributed by atoms with Crippen LogP contribution in [0.1, 0.15) is 72.6 Å². The van der Waals surface area contributed by atoms with Crippen molar-refractivity contribution in [3.63, 3.8) is 0 Å². The van der Waals surface area contributed by atoms with Crippen molar-refractivity contribution in [2.45, 2.75) is 78.7 Å². The van der Waals surface area contributed by atoms with E-state index in [9.17, 15) is 5.11 Å². The second-order valence-electron chi connectivity index (χ2n) is 8.79. The summed E-state index contributed by atoms with van der Waals surface area (Å²) in [5.74, 6) is 1.27. The summed E-state index contributed by atoms with van der Waals surface area (Å²) >= 11 is 0.